The fraction of sp³-hybridized carbons (Fsp3) is 0.417. The smallest absolute Gasteiger partial charge is 0.311 e. The van der Waals surface area contributed by atoms with Gasteiger partial charge in [-0.15, -0.1) is 0 Å². The lowest BCUT2D eigenvalue weighted by molar-refractivity contribution is -0.139. The molecular weight excluding hydrogens is 263 g/mol. The SMILES string of the molecule is COc1c(Cl)cc(Cl)cc1C(C(=O)O)C(C)C. The summed E-state index contributed by atoms with van der Waals surface area (Å²) < 4.78 is 5.16. The lowest BCUT2D eigenvalue weighted by Gasteiger charge is -2.20. The van der Waals surface area contributed by atoms with E-state index in [9.17, 15) is 9.90 Å². The maximum Gasteiger partial charge on any atom is 0.311 e. The quantitative estimate of drug-likeness (QED) is 0.909. The Morgan fingerprint density at radius 3 is 2.35 bits per heavy atom. The Balaban J connectivity index is 3.41. The van der Waals surface area contributed by atoms with Gasteiger partial charge in [-0.25, -0.2) is 0 Å². The van der Waals surface area contributed by atoms with Crippen molar-refractivity contribution in [3.8, 4) is 5.75 Å². The van der Waals surface area contributed by atoms with Crippen LogP contribution in [-0.2, 0) is 4.79 Å². The fourth-order valence-electron chi connectivity index (χ4n) is 1.80. The number of carboxylic acids is 1. The molecule has 1 N–H and O–H groups in total. The van der Waals surface area contributed by atoms with Crippen molar-refractivity contribution in [2.45, 2.75) is 19.8 Å². The van der Waals surface area contributed by atoms with E-state index in [1.54, 1.807) is 6.07 Å². The van der Waals surface area contributed by atoms with E-state index in [0.717, 1.165) is 0 Å². The summed E-state index contributed by atoms with van der Waals surface area (Å²) in [5.74, 6) is -1.33. The number of hydrogen-bond acceptors (Lipinski definition) is 2. The maximum absolute atomic E-state index is 11.3. The van der Waals surface area contributed by atoms with Crippen LogP contribution in [0.2, 0.25) is 10.0 Å². The Hall–Kier alpha value is -0.930. The predicted molar refractivity (Wildman–Crippen MR) is 68.2 cm³/mol. The third-order valence-electron chi connectivity index (χ3n) is 2.51. The highest BCUT2D eigenvalue weighted by Gasteiger charge is 2.28. The third kappa shape index (κ3) is 3.05. The number of ether oxygens (including phenoxy) is 1. The molecule has 1 unspecified atom stereocenters. The lowest BCUT2D eigenvalue weighted by Crippen LogP contribution is -2.18. The molecule has 1 aromatic carbocycles. The molecule has 5 heteroatoms. The predicted octanol–water partition coefficient (Wildman–Crippen LogP) is 3.83. The van der Waals surface area contributed by atoms with Crippen molar-refractivity contribution in [1.29, 1.82) is 0 Å². The largest absolute Gasteiger partial charge is 0.495 e. The Labute approximate surface area is 110 Å². The van der Waals surface area contributed by atoms with E-state index < -0.39 is 11.9 Å². The molecule has 0 heterocycles. The Kier molecular flexibility index (Phi) is 4.66. The van der Waals surface area contributed by atoms with E-state index in [-0.39, 0.29) is 5.92 Å². The molecular formula is C12H14Cl2O3. The fourth-order valence-corrected chi connectivity index (χ4v) is 2.39. The Bertz CT molecular complexity index is 430. The average molecular weight is 277 g/mol. The van der Waals surface area contributed by atoms with Crippen molar-refractivity contribution in [3.05, 3.63) is 27.7 Å². The van der Waals surface area contributed by atoms with Crippen LogP contribution in [0.15, 0.2) is 12.1 Å². The molecule has 3 nitrogen and oxygen atoms in total. The normalized spacial score (nSPS) is 12.6. The zero-order valence-corrected chi connectivity index (χ0v) is 11.3. The summed E-state index contributed by atoms with van der Waals surface area (Å²) in [5.41, 5.74) is 0.507. The van der Waals surface area contributed by atoms with Gasteiger partial charge in [0.25, 0.3) is 0 Å². The summed E-state index contributed by atoms with van der Waals surface area (Å²) in [6.07, 6.45) is 0. The number of halogens is 2. The first-order chi connectivity index (χ1) is 7.88. The first-order valence-electron chi connectivity index (χ1n) is 5.14. The molecule has 0 aliphatic rings. The van der Waals surface area contributed by atoms with Crippen molar-refractivity contribution in [2.75, 3.05) is 7.11 Å². The first kappa shape index (κ1) is 14.1. The summed E-state index contributed by atoms with van der Waals surface area (Å²) in [4.78, 5) is 11.3. The summed E-state index contributed by atoms with van der Waals surface area (Å²) in [6, 6.07) is 3.12. The minimum Gasteiger partial charge on any atom is -0.495 e. The average Bonchev–Trinajstić information content (AvgIpc) is 2.15. The molecule has 0 saturated carbocycles. The van der Waals surface area contributed by atoms with Gasteiger partial charge in [0, 0.05) is 10.6 Å². The van der Waals surface area contributed by atoms with Crippen LogP contribution in [0.4, 0.5) is 0 Å². The second-order valence-electron chi connectivity index (χ2n) is 4.07. The van der Waals surface area contributed by atoms with Gasteiger partial charge in [-0.2, -0.15) is 0 Å². The highest BCUT2D eigenvalue weighted by atomic mass is 35.5. The van der Waals surface area contributed by atoms with Gasteiger partial charge in [-0.3, -0.25) is 4.79 Å². The number of rotatable bonds is 4. The molecule has 0 spiro atoms. The lowest BCUT2D eigenvalue weighted by atomic mass is 9.88. The van der Waals surface area contributed by atoms with Crippen molar-refractivity contribution >= 4 is 29.2 Å². The van der Waals surface area contributed by atoms with E-state index in [2.05, 4.69) is 0 Å². The molecule has 0 aromatic heterocycles. The van der Waals surface area contributed by atoms with Gasteiger partial charge in [0.1, 0.15) is 5.75 Å². The molecule has 0 bridgehead atoms. The number of carboxylic acid groups (broad SMARTS) is 1. The molecule has 1 atom stereocenters. The van der Waals surface area contributed by atoms with Gasteiger partial charge in [0.05, 0.1) is 18.1 Å². The molecule has 1 rings (SSSR count). The zero-order chi connectivity index (χ0) is 13.2. The van der Waals surface area contributed by atoms with E-state index in [1.165, 1.54) is 13.2 Å². The van der Waals surface area contributed by atoms with E-state index in [4.69, 9.17) is 27.9 Å². The minimum absolute atomic E-state index is 0.0871. The van der Waals surface area contributed by atoms with Crippen LogP contribution in [0.25, 0.3) is 0 Å². The molecule has 1 aromatic rings. The van der Waals surface area contributed by atoms with Crippen LogP contribution in [0.5, 0.6) is 5.75 Å². The monoisotopic (exact) mass is 276 g/mol. The standard InChI is InChI=1S/C12H14Cl2O3/c1-6(2)10(12(15)16)8-4-7(13)5-9(14)11(8)17-3/h4-6,10H,1-3H3,(H,15,16). The van der Waals surface area contributed by atoms with Gasteiger partial charge in [-0.05, 0) is 18.1 Å². The maximum atomic E-state index is 11.3. The summed E-state index contributed by atoms with van der Waals surface area (Å²) in [6.45, 7) is 3.65. The highest BCUT2D eigenvalue weighted by molar-refractivity contribution is 6.35. The molecule has 0 radical (unpaired) electrons. The number of hydrogen-bond donors (Lipinski definition) is 1. The molecule has 0 fully saturated rings. The minimum atomic E-state index is -0.920. The van der Waals surface area contributed by atoms with Gasteiger partial charge >= 0.3 is 5.97 Å². The van der Waals surface area contributed by atoms with Crippen LogP contribution in [0.3, 0.4) is 0 Å². The topological polar surface area (TPSA) is 46.5 Å². The van der Waals surface area contributed by atoms with E-state index in [1.807, 2.05) is 13.8 Å². The summed E-state index contributed by atoms with van der Waals surface area (Å²) in [7, 11) is 1.46. The van der Waals surface area contributed by atoms with Gasteiger partial charge in [0.15, 0.2) is 0 Å². The second-order valence-corrected chi connectivity index (χ2v) is 4.91. The van der Waals surface area contributed by atoms with Crippen LogP contribution in [0, 0.1) is 5.92 Å². The molecule has 0 aliphatic heterocycles. The summed E-state index contributed by atoms with van der Waals surface area (Å²) in [5, 5.41) is 9.98. The van der Waals surface area contributed by atoms with Crippen molar-refractivity contribution in [1.82, 2.24) is 0 Å². The Morgan fingerprint density at radius 1 is 1.35 bits per heavy atom. The zero-order valence-electron chi connectivity index (χ0n) is 9.83. The van der Waals surface area contributed by atoms with Crippen LogP contribution in [-0.4, -0.2) is 18.2 Å². The molecule has 0 amide bonds. The molecule has 0 aliphatic carbocycles. The molecule has 0 saturated heterocycles. The van der Waals surface area contributed by atoms with Gasteiger partial charge in [-0.1, -0.05) is 37.0 Å². The van der Waals surface area contributed by atoms with Crippen molar-refractivity contribution < 1.29 is 14.6 Å². The van der Waals surface area contributed by atoms with Crippen molar-refractivity contribution in [2.24, 2.45) is 5.92 Å². The van der Waals surface area contributed by atoms with Gasteiger partial charge < -0.3 is 9.84 Å². The van der Waals surface area contributed by atoms with Crippen LogP contribution in [0.1, 0.15) is 25.3 Å². The summed E-state index contributed by atoms with van der Waals surface area (Å²) >= 11 is 11.9. The van der Waals surface area contributed by atoms with Crippen molar-refractivity contribution in [3.63, 3.8) is 0 Å². The number of benzene rings is 1. The molecule has 17 heavy (non-hydrogen) atoms. The highest BCUT2D eigenvalue weighted by Crippen LogP contribution is 2.39. The Morgan fingerprint density at radius 2 is 1.94 bits per heavy atom. The molecule has 94 valence electrons. The number of aliphatic carboxylic acids is 1. The first-order valence-corrected chi connectivity index (χ1v) is 5.89. The third-order valence-corrected chi connectivity index (χ3v) is 3.01. The number of carbonyl (C=O) groups is 1. The second kappa shape index (κ2) is 5.61. The van der Waals surface area contributed by atoms with Crippen LogP contribution >= 0.6 is 23.2 Å². The number of methoxy groups -OCH3 is 1. The van der Waals surface area contributed by atoms with E-state index >= 15 is 0 Å². The van der Waals surface area contributed by atoms with Gasteiger partial charge in [0.2, 0.25) is 0 Å². The van der Waals surface area contributed by atoms with E-state index in [0.29, 0.717) is 21.4 Å². The van der Waals surface area contributed by atoms with Crippen LogP contribution < -0.4 is 4.74 Å².